The molecule has 1 aromatic heterocycles. The molecular formula is C23H27N3O4S2. The number of piperazine rings is 1. The zero-order chi connectivity index (χ0) is 22.9. The van der Waals surface area contributed by atoms with E-state index in [0.29, 0.717) is 37.7 Å². The lowest BCUT2D eigenvalue weighted by molar-refractivity contribution is 0.353. The van der Waals surface area contributed by atoms with Crippen molar-refractivity contribution in [2.75, 3.05) is 45.3 Å². The number of benzene rings is 2. The second-order valence-corrected chi connectivity index (χ2v) is 10.4. The summed E-state index contributed by atoms with van der Waals surface area (Å²) in [5.74, 6) is 0.897. The van der Waals surface area contributed by atoms with Crippen molar-refractivity contribution < 1.29 is 17.9 Å². The quantitative estimate of drug-likeness (QED) is 0.540. The first-order valence-electron chi connectivity index (χ1n) is 10.3. The number of sulfonamides is 1. The molecule has 0 amide bonds. The summed E-state index contributed by atoms with van der Waals surface area (Å²) in [7, 11) is -0.602. The molecular weight excluding hydrogens is 446 g/mol. The van der Waals surface area contributed by atoms with Crippen molar-refractivity contribution in [3.8, 4) is 22.8 Å². The molecule has 0 unspecified atom stereocenters. The third-order valence-electron chi connectivity index (χ3n) is 5.87. The SMILES string of the molecule is COc1ccc(S(=O)(=O)N2CCN(c3nc(-c4cccc(C)c4C)cs3)CC2)cc1OC. The van der Waals surface area contributed by atoms with E-state index in [2.05, 4.69) is 42.3 Å². The molecule has 32 heavy (non-hydrogen) atoms. The minimum Gasteiger partial charge on any atom is -0.493 e. The Bertz CT molecular complexity index is 1220. The van der Waals surface area contributed by atoms with E-state index in [1.807, 2.05) is 0 Å². The third kappa shape index (κ3) is 4.20. The van der Waals surface area contributed by atoms with Gasteiger partial charge in [0, 0.05) is 43.2 Å². The van der Waals surface area contributed by atoms with E-state index in [9.17, 15) is 8.42 Å². The molecule has 1 fully saturated rings. The van der Waals surface area contributed by atoms with Gasteiger partial charge in [-0.25, -0.2) is 13.4 Å². The number of rotatable bonds is 6. The first kappa shape index (κ1) is 22.6. The number of nitrogens with zero attached hydrogens (tertiary/aromatic N) is 3. The molecule has 1 saturated heterocycles. The summed E-state index contributed by atoms with van der Waals surface area (Å²) >= 11 is 1.60. The summed E-state index contributed by atoms with van der Waals surface area (Å²) in [5.41, 5.74) is 4.58. The maximum absolute atomic E-state index is 13.2. The molecule has 0 atom stereocenters. The standard InChI is InChI=1S/C23H27N3O4S2/c1-16-6-5-7-19(17(16)2)20-15-31-23(24-20)25-10-12-26(13-11-25)32(27,28)18-8-9-21(29-3)22(14-18)30-4/h5-9,14-15H,10-13H2,1-4H3. The number of anilines is 1. The fourth-order valence-electron chi connectivity index (χ4n) is 3.81. The maximum Gasteiger partial charge on any atom is 0.243 e. The summed E-state index contributed by atoms with van der Waals surface area (Å²) in [4.78, 5) is 7.20. The Labute approximate surface area is 193 Å². The minimum absolute atomic E-state index is 0.204. The van der Waals surface area contributed by atoms with Gasteiger partial charge in [0.2, 0.25) is 10.0 Å². The van der Waals surface area contributed by atoms with Crippen molar-refractivity contribution in [3.05, 3.63) is 52.9 Å². The van der Waals surface area contributed by atoms with Crippen LogP contribution in [0.5, 0.6) is 11.5 Å². The van der Waals surface area contributed by atoms with Gasteiger partial charge in [0.25, 0.3) is 0 Å². The first-order chi connectivity index (χ1) is 15.3. The Balaban J connectivity index is 1.48. The number of methoxy groups -OCH3 is 2. The molecule has 3 aromatic rings. The van der Waals surface area contributed by atoms with Gasteiger partial charge in [-0.3, -0.25) is 0 Å². The summed E-state index contributed by atoms with van der Waals surface area (Å²) in [6.45, 7) is 6.19. The lowest BCUT2D eigenvalue weighted by Crippen LogP contribution is -2.48. The molecule has 170 valence electrons. The van der Waals surface area contributed by atoms with E-state index in [4.69, 9.17) is 14.5 Å². The zero-order valence-electron chi connectivity index (χ0n) is 18.7. The van der Waals surface area contributed by atoms with Crippen LogP contribution in [0.25, 0.3) is 11.3 Å². The number of thiazole rings is 1. The van der Waals surface area contributed by atoms with Crippen molar-refractivity contribution in [1.29, 1.82) is 0 Å². The highest BCUT2D eigenvalue weighted by molar-refractivity contribution is 7.89. The zero-order valence-corrected chi connectivity index (χ0v) is 20.3. The van der Waals surface area contributed by atoms with E-state index >= 15 is 0 Å². The van der Waals surface area contributed by atoms with E-state index < -0.39 is 10.0 Å². The number of hydrogen-bond acceptors (Lipinski definition) is 7. The van der Waals surface area contributed by atoms with E-state index in [1.54, 1.807) is 23.5 Å². The third-order valence-corrected chi connectivity index (χ3v) is 8.67. The van der Waals surface area contributed by atoms with Crippen LogP contribution in [0.4, 0.5) is 5.13 Å². The number of aryl methyl sites for hydroxylation is 1. The number of hydrogen-bond donors (Lipinski definition) is 0. The van der Waals surface area contributed by atoms with Crippen LogP contribution in [0.2, 0.25) is 0 Å². The smallest absolute Gasteiger partial charge is 0.243 e. The van der Waals surface area contributed by atoms with Gasteiger partial charge < -0.3 is 14.4 Å². The topological polar surface area (TPSA) is 72.0 Å². The van der Waals surface area contributed by atoms with Crippen LogP contribution >= 0.6 is 11.3 Å². The highest BCUT2D eigenvalue weighted by atomic mass is 32.2. The lowest BCUT2D eigenvalue weighted by atomic mass is 10.0. The average molecular weight is 474 g/mol. The van der Waals surface area contributed by atoms with Crippen LogP contribution in [-0.2, 0) is 10.0 Å². The molecule has 1 aliphatic rings. The van der Waals surface area contributed by atoms with E-state index in [-0.39, 0.29) is 4.90 Å². The van der Waals surface area contributed by atoms with Gasteiger partial charge in [-0.15, -0.1) is 11.3 Å². The predicted octanol–water partition coefficient (Wildman–Crippen LogP) is 3.96. The maximum atomic E-state index is 13.2. The highest BCUT2D eigenvalue weighted by Gasteiger charge is 2.30. The summed E-state index contributed by atoms with van der Waals surface area (Å²) in [6.07, 6.45) is 0. The van der Waals surface area contributed by atoms with Crippen molar-refractivity contribution in [1.82, 2.24) is 9.29 Å². The Morgan fingerprint density at radius 3 is 2.38 bits per heavy atom. The highest BCUT2D eigenvalue weighted by Crippen LogP contribution is 2.33. The molecule has 2 aromatic carbocycles. The van der Waals surface area contributed by atoms with Gasteiger partial charge in [0.15, 0.2) is 16.6 Å². The Hall–Kier alpha value is -2.62. The molecule has 0 N–H and O–H groups in total. The number of aromatic nitrogens is 1. The van der Waals surface area contributed by atoms with Crippen molar-refractivity contribution in [2.24, 2.45) is 0 Å². The molecule has 7 nitrogen and oxygen atoms in total. The molecule has 0 bridgehead atoms. The largest absolute Gasteiger partial charge is 0.493 e. The second kappa shape index (κ2) is 9.09. The number of ether oxygens (including phenoxy) is 2. The van der Waals surface area contributed by atoms with E-state index in [0.717, 1.165) is 16.4 Å². The van der Waals surface area contributed by atoms with Crippen LogP contribution < -0.4 is 14.4 Å². The van der Waals surface area contributed by atoms with Crippen molar-refractivity contribution in [3.63, 3.8) is 0 Å². The molecule has 0 saturated carbocycles. The normalized spacial score (nSPS) is 15.1. The molecule has 9 heteroatoms. The molecule has 1 aliphatic heterocycles. The molecule has 4 rings (SSSR count). The summed E-state index contributed by atoms with van der Waals surface area (Å²) in [6, 6.07) is 10.9. The Morgan fingerprint density at radius 1 is 0.969 bits per heavy atom. The fraction of sp³-hybridized carbons (Fsp3) is 0.348. The van der Waals surface area contributed by atoms with Gasteiger partial charge in [0.1, 0.15) is 0 Å². The van der Waals surface area contributed by atoms with Crippen LogP contribution in [0.3, 0.4) is 0 Å². The molecule has 0 spiro atoms. The van der Waals surface area contributed by atoms with Crippen LogP contribution in [0.15, 0.2) is 46.7 Å². The molecule has 2 heterocycles. The van der Waals surface area contributed by atoms with Gasteiger partial charge in [-0.2, -0.15) is 4.31 Å². The Kier molecular flexibility index (Phi) is 6.41. The second-order valence-electron chi connectivity index (χ2n) is 7.67. The molecule has 0 radical (unpaired) electrons. The van der Waals surface area contributed by atoms with Crippen LogP contribution in [-0.4, -0.2) is 58.1 Å². The minimum atomic E-state index is -3.62. The van der Waals surface area contributed by atoms with Gasteiger partial charge in [-0.05, 0) is 37.1 Å². The summed E-state index contributed by atoms with van der Waals surface area (Å²) < 4.78 is 38.3. The Morgan fingerprint density at radius 2 is 1.69 bits per heavy atom. The van der Waals surface area contributed by atoms with Crippen LogP contribution in [0, 0.1) is 13.8 Å². The fourth-order valence-corrected chi connectivity index (χ4v) is 6.13. The van der Waals surface area contributed by atoms with Crippen LogP contribution in [0.1, 0.15) is 11.1 Å². The predicted molar refractivity (Wildman–Crippen MR) is 128 cm³/mol. The van der Waals surface area contributed by atoms with Crippen molar-refractivity contribution in [2.45, 2.75) is 18.7 Å². The lowest BCUT2D eigenvalue weighted by Gasteiger charge is -2.33. The van der Waals surface area contributed by atoms with Gasteiger partial charge >= 0.3 is 0 Å². The average Bonchev–Trinajstić information content (AvgIpc) is 3.30. The first-order valence-corrected chi connectivity index (χ1v) is 12.7. The van der Waals surface area contributed by atoms with Crippen molar-refractivity contribution >= 4 is 26.5 Å². The molecule has 0 aliphatic carbocycles. The monoisotopic (exact) mass is 473 g/mol. The van der Waals surface area contributed by atoms with Gasteiger partial charge in [-0.1, -0.05) is 18.2 Å². The summed E-state index contributed by atoms with van der Waals surface area (Å²) in [5, 5.41) is 2.99. The van der Waals surface area contributed by atoms with E-state index in [1.165, 1.54) is 35.7 Å². The van der Waals surface area contributed by atoms with Gasteiger partial charge in [0.05, 0.1) is 24.8 Å².